The van der Waals surface area contributed by atoms with Crippen LogP contribution in [0.1, 0.15) is 56.9 Å². The monoisotopic (exact) mass is 485 g/mol. The average molecular weight is 486 g/mol. The summed E-state index contributed by atoms with van der Waals surface area (Å²) in [4.78, 5) is 35.7. The molecule has 2 N–H and O–H groups in total. The molecule has 2 heterocycles. The number of rotatable bonds is 5. The Bertz CT molecular complexity index is 1470. The molecule has 0 atom stereocenters. The van der Waals surface area contributed by atoms with Crippen LogP contribution in [0.4, 0.5) is 10.2 Å². The number of pyridine rings is 1. The van der Waals surface area contributed by atoms with Crippen LogP contribution >= 0.6 is 0 Å². The predicted octanol–water partition coefficient (Wildman–Crippen LogP) is 4.11. The van der Waals surface area contributed by atoms with E-state index in [1.54, 1.807) is 49.5 Å². The van der Waals surface area contributed by atoms with Gasteiger partial charge >= 0.3 is 5.97 Å². The van der Waals surface area contributed by atoms with Crippen molar-refractivity contribution in [3.05, 3.63) is 82.0 Å². The van der Waals surface area contributed by atoms with Crippen molar-refractivity contribution in [3.63, 3.8) is 0 Å². The number of aromatic nitrogens is 1. The quantitative estimate of drug-likeness (QED) is 0.330. The van der Waals surface area contributed by atoms with Gasteiger partial charge in [-0.2, -0.15) is 5.26 Å². The van der Waals surface area contributed by atoms with Crippen molar-refractivity contribution in [2.24, 2.45) is 10.7 Å². The number of amidine groups is 1. The standard InChI is InChI=1S/C27H24FN5O3/c1-27(2,28)21-7-5-6-18-20(21)14-33(25(18)34)23-12-16(11-22(32-23)26(35)36-4)19-10-15(13-29)8-9-17(19)24(30)31-3/h5-12H,14H2,1-4H3,(H2,30,31). The smallest absolute Gasteiger partial charge is 0.356 e. The van der Waals surface area contributed by atoms with Gasteiger partial charge in [0.05, 0.1) is 25.3 Å². The van der Waals surface area contributed by atoms with Crippen LogP contribution in [-0.4, -0.2) is 36.9 Å². The Morgan fingerprint density at radius 2 is 1.97 bits per heavy atom. The fourth-order valence-electron chi connectivity index (χ4n) is 4.29. The highest BCUT2D eigenvalue weighted by atomic mass is 19.1. The van der Waals surface area contributed by atoms with E-state index in [0.717, 1.165) is 0 Å². The number of carbonyl (C=O) groups is 2. The molecule has 1 aromatic heterocycles. The van der Waals surface area contributed by atoms with Crippen molar-refractivity contribution in [2.75, 3.05) is 19.1 Å². The van der Waals surface area contributed by atoms with Crippen LogP contribution in [0.15, 0.2) is 53.5 Å². The van der Waals surface area contributed by atoms with E-state index in [1.165, 1.54) is 31.9 Å². The summed E-state index contributed by atoms with van der Waals surface area (Å²) in [5, 5.41) is 9.45. The van der Waals surface area contributed by atoms with Gasteiger partial charge < -0.3 is 10.5 Å². The summed E-state index contributed by atoms with van der Waals surface area (Å²) in [6, 6.07) is 15.1. The molecule has 0 fully saturated rings. The molecular formula is C27H24FN5O3. The molecule has 0 bridgehead atoms. The minimum absolute atomic E-state index is 0.0416. The number of nitrogens with two attached hydrogens (primary N) is 1. The number of aliphatic imine (C=N–C) groups is 1. The number of hydrogen-bond donors (Lipinski definition) is 1. The van der Waals surface area contributed by atoms with Crippen LogP contribution in [-0.2, 0) is 17.0 Å². The first-order chi connectivity index (χ1) is 17.1. The van der Waals surface area contributed by atoms with E-state index in [4.69, 9.17) is 10.5 Å². The third kappa shape index (κ3) is 4.29. The van der Waals surface area contributed by atoms with Crippen LogP contribution in [0.25, 0.3) is 11.1 Å². The fourth-order valence-corrected chi connectivity index (χ4v) is 4.29. The van der Waals surface area contributed by atoms with Crippen LogP contribution in [0.5, 0.6) is 0 Å². The molecule has 2 aromatic carbocycles. The second-order valence-corrected chi connectivity index (χ2v) is 8.77. The highest BCUT2D eigenvalue weighted by molar-refractivity contribution is 6.10. The number of nitrogens with zero attached hydrogens (tertiary/aromatic N) is 4. The molecule has 3 aromatic rings. The number of halogens is 1. The van der Waals surface area contributed by atoms with Gasteiger partial charge in [-0.1, -0.05) is 12.1 Å². The Labute approximate surface area is 207 Å². The summed E-state index contributed by atoms with van der Waals surface area (Å²) in [6.45, 7) is 2.96. The van der Waals surface area contributed by atoms with Crippen LogP contribution in [0.3, 0.4) is 0 Å². The molecule has 0 saturated carbocycles. The molecular weight excluding hydrogens is 461 g/mol. The maximum absolute atomic E-state index is 14.9. The van der Waals surface area contributed by atoms with E-state index in [0.29, 0.717) is 38.9 Å². The van der Waals surface area contributed by atoms with Gasteiger partial charge in [-0.15, -0.1) is 0 Å². The van der Waals surface area contributed by atoms with Gasteiger partial charge in [0.25, 0.3) is 5.91 Å². The summed E-state index contributed by atoms with van der Waals surface area (Å²) in [7, 11) is 2.77. The molecule has 0 aliphatic carbocycles. The summed E-state index contributed by atoms with van der Waals surface area (Å²) >= 11 is 0. The number of amides is 1. The van der Waals surface area contributed by atoms with Crippen molar-refractivity contribution in [3.8, 4) is 17.2 Å². The van der Waals surface area contributed by atoms with Crippen LogP contribution in [0, 0.1) is 11.3 Å². The van der Waals surface area contributed by atoms with E-state index in [-0.39, 0.29) is 29.8 Å². The molecule has 0 radical (unpaired) electrons. The fraction of sp³-hybridized carbons (Fsp3) is 0.222. The van der Waals surface area contributed by atoms with Crippen molar-refractivity contribution in [1.29, 1.82) is 5.26 Å². The lowest BCUT2D eigenvalue weighted by atomic mass is 9.92. The van der Waals surface area contributed by atoms with E-state index < -0.39 is 11.6 Å². The van der Waals surface area contributed by atoms with Crippen LogP contribution < -0.4 is 10.6 Å². The third-order valence-corrected chi connectivity index (χ3v) is 6.07. The normalized spacial score (nSPS) is 13.4. The zero-order chi connectivity index (χ0) is 26.2. The second-order valence-electron chi connectivity index (χ2n) is 8.77. The maximum atomic E-state index is 14.9. The molecule has 1 amide bonds. The van der Waals surface area contributed by atoms with Gasteiger partial charge in [0.15, 0.2) is 5.69 Å². The molecule has 0 spiro atoms. The predicted molar refractivity (Wildman–Crippen MR) is 133 cm³/mol. The zero-order valence-corrected chi connectivity index (χ0v) is 20.3. The average Bonchev–Trinajstić information content (AvgIpc) is 3.22. The highest BCUT2D eigenvalue weighted by Gasteiger charge is 2.35. The number of hydrogen-bond acceptors (Lipinski definition) is 6. The van der Waals surface area contributed by atoms with E-state index in [1.807, 2.05) is 0 Å². The summed E-state index contributed by atoms with van der Waals surface area (Å²) in [5.74, 6) is -0.663. The Kier molecular flexibility index (Phi) is 6.29. The number of fused-ring (bicyclic) bond motifs is 1. The van der Waals surface area contributed by atoms with Crippen LogP contribution in [0.2, 0.25) is 0 Å². The lowest BCUT2D eigenvalue weighted by Gasteiger charge is -2.20. The number of benzene rings is 2. The molecule has 0 unspecified atom stereocenters. The van der Waals surface area contributed by atoms with E-state index >= 15 is 0 Å². The minimum atomic E-state index is -1.66. The van der Waals surface area contributed by atoms with Crippen molar-refractivity contribution >= 4 is 23.5 Å². The zero-order valence-electron chi connectivity index (χ0n) is 20.3. The van der Waals surface area contributed by atoms with Gasteiger partial charge in [-0.3, -0.25) is 14.7 Å². The van der Waals surface area contributed by atoms with Gasteiger partial charge in [-0.05, 0) is 72.5 Å². The third-order valence-electron chi connectivity index (χ3n) is 6.07. The minimum Gasteiger partial charge on any atom is -0.464 e. The van der Waals surface area contributed by atoms with Gasteiger partial charge in [-0.25, -0.2) is 14.2 Å². The number of anilines is 1. The number of alkyl halides is 1. The number of methoxy groups -OCH3 is 1. The van der Waals surface area contributed by atoms with Gasteiger partial charge in [0.2, 0.25) is 0 Å². The van der Waals surface area contributed by atoms with Gasteiger partial charge in [0.1, 0.15) is 17.3 Å². The Hall–Kier alpha value is -4.58. The van der Waals surface area contributed by atoms with Crippen molar-refractivity contribution < 1.29 is 18.7 Å². The molecule has 0 saturated heterocycles. The number of carbonyl (C=O) groups excluding carboxylic acids is 2. The largest absolute Gasteiger partial charge is 0.464 e. The van der Waals surface area contributed by atoms with Crippen molar-refractivity contribution in [2.45, 2.75) is 26.1 Å². The Morgan fingerprint density at radius 3 is 2.61 bits per heavy atom. The highest BCUT2D eigenvalue weighted by Crippen LogP contribution is 2.37. The summed E-state index contributed by atoms with van der Waals surface area (Å²) in [6.07, 6.45) is 0. The topological polar surface area (TPSA) is 122 Å². The van der Waals surface area contributed by atoms with E-state index in [2.05, 4.69) is 16.0 Å². The maximum Gasteiger partial charge on any atom is 0.356 e. The first kappa shape index (κ1) is 24.5. The first-order valence-corrected chi connectivity index (χ1v) is 11.1. The van der Waals surface area contributed by atoms with Gasteiger partial charge in [0, 0.05) is 18.2 Å². The molecule has 4 rings (SSSR count). The van der Waals surface area contributed by atoms with E-state index in [9.17, 15) is 19.2 Å². The Morgan fingerprint density at radius 1 is 1.22 bits per heavy atom. The SMILES string of the molecule is CN=C(N)c1ccc(C#N)cc1-c1cc(C(=O)OC)nc(N2Cc3c(cccc3C(C)(C)F)C2=O)c1. The van der Waals surface area contributed by atoms with Crippen molar-refractivity contribution in [1.82, 2.24) is 4.98 Å². The Balaban J connectivity index is 1.92. The summed E-state index contributed by atoms with van der Waals surface area (Å²) < 4.78 is 19.8. The summed E-state index contributed by atoms with van der Waals surface area (Å²) in [5.41, 5.74) is 7.68. The lowest BCUT2D eigenvalue weighted by molar-refractivity contribution is 0.0593. The number of ether oxygens (including phenoxy) is 1. The molecule has 1 aliphatic rings. The number of nitriles is 1. The molecule has 8 nitrogen and oxygen atoms in total. The molecule has 1 aliphatic heterocycles. The molecule has 182 valence electrons. The molecule has 36 heavy (non-hydrogen) atoms. The lowest BCUT2D eigenvalue weighted by Crippen LogP contribution is -2.25. The number of esters is 1. The second kappa shape index (κ2) is 9.23. The first-order valence-electron chi connectivity index (χ1n) is 11.1. The molecule has 9 heteroatoms.